The maximum Gasteiger partial charge on any atom is 0.245 e. The molecule has 1 aromatic rings. The van der Waals surface area contributed by atoms with Gasteiger partial charge in [-0.05, 0) is 5.41 Å². The number of carbonyl (C=O) groups excluding carboxylic acids is 2. The predicted molar refractivity (Wildman–Crippen MR) is 78.4 cm³/mol. The van der Waals surface area contributed by atoms with Crippen LogP contribution in [0.15, 0.2) is 11.6 Å². The Hall–Kier alpha value is -1.43. The van der Waals surface area contributed by atoms with Crippen LogP contribution in [0, 0.1) is 5.41 Å². The first kappa shape index (κ1) is 15.0. The van der Waals surface area contributed by atoms with Crippen LogP contribution >= 0.6 is 11.3 Å². The zero-order chi connectivity index (χ0) is 14.8. The number of amides is 2. The molecule has 1 fully saturated rings. The van der Waals surface area contributed by atoms with Crippen molar-refractivity contribution < 1.29 is 9.59 Å². The van der Waals surface area contributed by atoms with E-state index in [-0.39, 0.29) is 17.2 Å². The van der Waals surface area contributed by atoms with Crippen LogP contribution in [0.3, 0.4) is 0 Å². The number of carbonyl (C=O) groups is 2. The SMILES string of the molecule is CC(C)(C)C1NC(=O)CCN(CCc2nccs2)C1=O. The third-order valence-corrected chi connectivity index (χ3v) is 4.26. The van der Waals surface area contributed by atoms with Gasteiger partial charge in [-0.1, -0.05) is 20.8 Å². The summed E-state index contributed by atoms with van der Waals surface area (Å²) < 4.78 is 0. The van der Waals surface area contributed by atoms with Gasteiger partial charge in [0.2, 0.25) is 11.8 Å². The monoisotopic (exact) mass is 295 g/mol. The van der Waals surface area contributed by atoms with E-state index in [0.717, 1.165) is 11.4 Å². The molecule has 110 valence electrons. The van der Waals surface area contributed by atoms with Crippen molar-refractivity contribution in [3.05, 3.63) is 16.6 Å². The molecule has 0 radical (unpaired) electrons. The topological polar surface area (TPSA) is 62.3 Å². The van der Waals surface area contributed by atoms with Gasteiger partial charge in [0.1, 0.15) is 6.04 Å². The summed E-state index contributed by atoms with van der Waals surface area (Å²) in [7, 11) is 0. The van der Waals surface area contributed by atoms with E-state index in [2.05, 4.69) is 10.3 Å². The van der Waals surface area contributed by atoms with Gasteiger partial charge in [0, 0.05) is 37.5 Å². The van der Waals surface area contributed by atoms with Crippen LogP contribution in [0.2, 0.25) is 0 Å². The number of thiazole rings is 1. The summed E-state index contributed by atoms with van der Waals surface area (Å²) in [6, 6.07) is -0.450. The molecule has 5 nitrogen and oxygen atoms in total. The Balaban J connectivity index is 2.07. The Morgan fingerprint density at radius 2 is 2.20 bits per heavy atom. The van der Waals surface area contributed by atoms with Gasteiger partial charge in [-0.25, -0.2) is 4.98 Å². The van der Waals surface area contributed by atoms with E-state index in [1.54, 1.807) is 22.4 Å². The molecule has 1 N–H and O–H groups in total. The molecule has 1 atom stereocenters. The Morgan fingerprint density at radius 3 is 2.80 bits per heavy atom. The van der Waals surface area contributed by atoms with Crippen molar-refractivity contribution in [2.75, 3.05) is 13.1 Å². The lowest BCUT2D eigenvalue weighted by molar-refractivity contribution is -0.136. The summed E-state index contributed by atoms with van der Waals surface area (Å²) in [4.78, 5) is 30.4. The molecule has 1 unspecified atom stereocenters. The fourth-order valence-electron chi connectivity index (χ4n) is 2.24. The van der Waals surface area contributed by atoms with Crippen molar-refractivity contribution in [3.8, 4) is 0 Å². The molecule has 2 amide bonds. The summed E-state index contributed by atoms with van der Waals surface area (Å²) in [6.07, 6.45) is 2.89. The third-order valence-electron chi connectivity index (χ3n) is 3.42. The molecule has 1 aromatic heterocycles. The lowest BCUT2D eigenvalue weighted by atomic mass is 9.86. The largest absolute Gasteiger partial charge is 0.344 e. The van der Waals surface area contributed by atoms with Crippen LogP contribution in [0.4, 0.5) is 0 Å². The zero-order valence-electron chi connectivity index (χ0n) is 12.2. The fraction of sp³-hybridized carbons (Fsp3) is 0.643. The molecule has 0 bridgehead atoms. The van der Waals surface area contributed by atoms with Gasteiger partial charge in [-0.15, -0.1) is 11.3 Å². The minimum Gasteiger partial charge on any atom is -0.344 e. The van der Waals surface area contributed by atoms with E-state index in [1.165, 1.54) is 0 Å². The average molecular weight is 295 g/mol. The highest BCUT2D eigenvalue weighted by molar-refractivity contribution is 7.09. The Bertz CT molecular complexity index is 479. The maximum atomic E-state index is 12.6. The first-order valence-electron chi connectivity index (χ1n) is 6.84. The summed E-state index contributed by atoms with van der Waals surface area (Å²) in [5.41, 5.74) is -0.281. The van der Waals surface area contributed by atoms with Gasteiger partial charge in [0.15, 0.2) is 0 Å². The molecule has 0 spiro atoms. The summed E-state index contributed by atoms with van der Waals surface area (Å²) in [5.74, 6) is -0.0325. The Morgan fingerprint density at radius 1 is 1.45 bits per heavy atom. The predicted octanol–water partition coefficient (Wildman–Crippen LogP) is 1.45. The summed E-state index contributed by atoms with van der Waals surface area (Å²) in [5, 5.41) is 5.80. The molecule has 20 heavy (non-hydrogen) atoms. The first-order chi connectivity index (χ1) is 9.38. The van der Waals surface area contributed by atoms with Gasteiger partial charge in [-0.3, -0.25) is 9.59 Å². The fourth-order valence-corrected chi connectivity index (χ4v) is 2.85. The van der Waals surface area contributed by atoms with Gasteiger partial charge >= 0.3 is 0 Å². The molecule has 6 heteroatoms. The smallest absolute Gasteiger partial charge is 0.245 e. The highest BCUT2D eigenvalue weighted by Crippen LogP contribution is 2.23. The number of aromatic nitrogens is 1. The second-order valence-electron chi connectivity index (χ2n) is 6.12. The number of nitrogens with zero attached hydrogens (tertiary/aromatic N) is 2. The molecule has 1 aliphatic rings. The minimum absolute atomic E-state index is 0.0138. The highest BCUT2D eigenvalue weighted by Gasteiger charge is 2.37. The Kier molecular flexibility index (Phi) is 4.42. The van der Waals surface area contributed by atoms with Crippen molar-refractivity contribution in [1.29, 1.82) is 0 Å². The third kappa shape index (κ3) is 3.56. The van der Waals surface area contributed by atoms with E-state index in [0.29, 0.717) is 19.5 Å². The van der Waals surface area contributed by atoms with Gasteiger partial charge in [0.05, 0.1) is 5.01 Å². The molecule has 2 heterocycles. The normalized spacial score (nSPS) is 20.8. The number of hydrogen-bond acceptors (Lipinski definition) is 4. The molecule has 1 saturated heterocycles. The lowest BCUT2D eigenvalue weighted by Gasteiger charge is -2.32. The van der Waals surface area contributed by atoms with Crippen molar-refractivity contribution in [3.63, 3.8) is 0 Å². The van der Waals surface area contributed by atoms with Crippen molar-refractivity contribution in [2.24, 2.45) is 5.41 Å². The van der Waals surface area contributed by atoms with Crippen LogP contribution in [-0.2, 0) is 16.0 Å². The molecule has 2 rings (SSSR count). The van der Waals surface area contributed by atoms with Gasteiger partial charge in [-0.2, -0.15) is 0 Å². The van der Waals surface area contributed by atoms with Crippen LogP contribution in [-0.4, -0.2) is 40.8 Å². The van der Waals surface area contributed by atoms with Gasteiger partial charge in [0.25, 0.3) is 0 Å². The maximum absolute atomic E-state index is 12.6. The van der Waals surface area contributed by atoms with E-state index < -0.39 is 6.04 Å². The number of hydrogen-bond donors (Lipinski definition) is 1. The van der Waals surface area contributed by atoms with E-state index in [4.69, 9.17) is 0 Å². The number of rotatable bonds is 3. The zero-order valence-corrected chi connectivity index (χ0v) is 13.0. The van der Waals surface area contributed by atoms with Crippen LogP contribution in [0.1, 0.15) is 32.2 Å². The molecule has 1 aliphatic heterocycles. The lowest BCUT2D eigenvalue weighted by Crippen LogP contribution is -2.52. The second kappa shape index (κ2) is 5.91. The second-order valence-corrected chi connectivity index (χ2v) is 7.10. The quantitative estimate of drug-likeness (QED) is 0.918. The minimum atomic E-state index is -0.450. The summed E-state index contributed by atoms with van der Waals surface area (Å²) in [6.45, 7) is 7.02. The molecule has 0 aromatic carbocycles. The van der Waals surface area contributed by atoms with Gasteiger partial charge < -0.3 is 10.2 Å². The molecular formula is C14H21N3O2S. The van der Waals surface area contributed by atoms with Crippen LogP contribution in [0.25, 0.3) is 0 Å². The molecule has 0 saturated carbocycles. The summed E-state index contributed by atoms with van der Waals surface area (Å²) >= 11 is 1.59. The van der Waals surface area contributed by atoms with Crippen LogP contribution < -0.4 is 5.32 Å². The molecule has 0 aliphatic carbocycles. The van der Waals surface area contributed by atoms with E-state index in [1.807, 2.05) is 26.2 Å². The van der Waals surface area contributed by atoms with Crippen molar-refractivity contribution in [1.82, 2.24) is 15.2 Å². The standard InChI is InChI=1S/C14H21N3O2S/c1-14(2,3)12-13(19)17(7-4-10(18)16-12)8-5-11-15-6-9-20-11/h6,9,12H,4-5,7-8H2,1-3H3,(H,16,18). The van der Waals surface area contributed by atoms with E-state index in [9.17, 15) is 9.59 Å². The first-order valence-corrected chi connectivity index (χ1v) is 7.72. The van der Waals surface area contributed by atoms with E-state index >= 15 is 0 Å². The van der Waals surface area contributed by atoms with Crippen LogP contribution in [0.5, 0.6) is 0 Å². The highest BCUT2D eigenvalue weighted by atomic mass is 32.1. The Labute approximate surface area is 123 Å². The number of nitrogens with one attached hydrogen (secondary N) is 1. The average Bonchev–Trinajstić information content (AvgIpc) is 2.82. The van der Waals surface area contributed by atoms with Crippen molar-refractivity contribution >= 4 is 23.2 Å². The van der Waals surface area contributed by atoms with Crippen molar-refractivity contribution in [2.45, 2.75) is 39.7 Å². The molecular weight excluding hydrogens is 274 g/mol.